The Morgan fingerprint density at radius 2 is 2.00 bits per heavy atom. The third-order valence-corrected chi connectivity index (χ3v) is 4.42. The molecule has 0 saturated heterocycles. The van der Waals surface area contributed by atoms with E-state index in [0.29, 0.717) is 11.5 Å². The number of nitrogens with zero attached hydrogens (tertiary/aromatic N) is 3. The lowest BCUT2D eigenvalue weighted by Gasteiger charge is -2.08. The number of anilines is 2. The third-order valence-electron chi connectivity index (χ3n) is 4.42. The Bertz CT molecular complexity index is 1220. The van der Waals surface area contributed by atoms with Gasteiger partial charge in [-0.1, -0.05) is 0 Å². The lowest BCUT2D eigenvalue weighted by molar-refractivity contribution is 0.0697. The number of fused-ring (bicyclic) bond motifs is 1. The Balaban J connectivity index is 1.61. The number of nitrogens with one attached hydrogen (secondary N) is 2. The second-order valence-electron chi connectivity index (χ2n) is 6.74. The molecule has 7 heteroatoms. The lowest BCUT2D eigenvalue weighted by Crippen LogP contribution is -2.04. The van der Waals surface area contributed by atoms with E-state index < -0.39 is 5.97 Å². The highest BCUT2D eigenvalue weighted by atomic mass is 16.4. The molecule has 1 aromatic carbocycles. The number of benzene rings is 1. The van der Waals surface area contributed by atoms with Crippen molar-refractivity contribution >= 4 is 40.5 Å². The number of pyridine rings is 2. The molecule has 4 aromatic rings. The molecule has 0 unspecified atom stereocenters. The van der Waals surface area contributed by atoms with Gasteiger partial charge >= 0.3 is 5.97 Å². The molecule has 3 N–H and O–H groups in total. The zero-order valence-corrected chi connectivity index (χ0v) is 16.0. The van der Waals surface area contributed by atoms with Crippen LogP contribution in [0.1, 0.15) is 33.0 Å². The fourth-order valence-electron chi connectivity index (χ4n) is 3.18. The van der Waals surface area contributed by atoms with Gasteiger partial charge in [-0.05, 0) is 74.0 Å². The molecule has 144 valence electrons. The first-order valence-corrected chi connectivity index (χ1v) is 9.06. The van der Waals surface area contributed by atoms with Crippen LogP contribution in [0.5, 0.6) is 0 Å². The number of H-pyrrole nitrogens is 1. The maximum atomic E-state index is 11.3. The van der Waals surface area contributed by atoms with Gasteiger partial charge < -0.3 is 10.4 Å². The molecule has 0 radical (unpaired) electrons. The van der Waals surface area contributed by atoms with Crippen molar-refractivity contribution in [3.8, 4) is 0 Å². The second-order valence-corrected chi connectivity index (χ2v) is 6.74. The van der Waals surface area contributed by atoms with Gasteiger partial charge in [0, 0.05) is 23.0 Å². The first kappa shape index (κ1) is 18.4. The molecule has 0 aliphatic heterocycles. The van der Waals surface area contributed by atoms with Crippen LogP contribution in [0.3, 0.4) is 0 Å². The van der Waals surface area contributed by atoms with E-state index in [4.69, 9.17) is 0 Å². The first-order valence-electron chi connectivity index (χ1n) is 9.06. The van der Waals surface area contributed by atoms with Crippen molar-refractivity contribution in [1.82, 2.24) is 20.2 Å². The van der Waals surface area contributed by atoms with Crippen LogP contribution in [-0.4, -0.2) is 31.2 Å². The van der Waals surface area contributed by atoms with E-state index in [9.17, 15) is 9.90 Å². The van der Waals surface area contributed by atoms with E-state index in [2.05, 4.69) is 25.5 Å². The highest BCUT2D eigenvalue weighted by Gasteiger charge is 2.11. The van der Waals surface area contributed by atoms with Crippen LogP contribution in [0.25, 0.3) is 23.1 Å². The van der Waals surface area contributed by atoms with Crippen LogP contribution < -0.4 is 5.32 Å². The van der Waals surface area contributed by atoms with E-state index in [0.717, 1.165) is 33.5 Å². The Morgan fingerprint density at radius 3 is 2.79 bits per heavy atom. The van der Waals surface area contributed by atoms with E-state index in [1.807, 2.05) is 56.3 Å². The van der Waals surface area contributed by atoms with Crippen LogP contribution in [0, 0.1) is 13.8 Å². The minimum atomic E-state index is -1.03. The zero-order chi connectivity index (χ0) is 20.4. The van der Waals surface area contributed by atoms with Gasteiger partial charge in [-0.2, -0.15) is 5.10 Å². The fourth-order valence-corrected chi connectivity index (χ4v) is 3.18. The largest absolute Gasteiger partial charge is 0.478 e. The van der Waals surface area contributed by atoms with Crippen molar-refractivity contribution in [2.24, 2.45) is 0 Å². The number of carboxylic acids is 1. The lowest BCUT2D eigenvalue weighted by atomic mass is 10.1. The number of aromatic carboxylic acids is 1. The highest BCUT2D eigenvalue weighted by molar-refractivity contribution is 5.95. The van der Waals surface area contributed by atoms with Crippen molar-refractivity contribution in [2.75, 3.05) is 5.32 Å². The van der Waals surface area contributed by atoms with E-state index >= 15 is 0 Å². The molecule has 0 amide bonds. The average Bonchev–Trinajstić information content (AvgIpc) is 3.08. The van der Waals surface area contributed by atoms with Crippen LogP contribution in [0.2, 0.25) is 0 Å². The van der Waals surface area contributed by atoms with Crippen molar-refractivity contribution in [2.45, 2.75) is 13.8 Å². The summed E-state index contributed by atoms with van der Waals surface area (Å²) >= 11 is 0. The number of hydrogen-bond acceptors (Lipinski definition) is 5. The third kappa shape index (κ3) is 3.98. The summed E-state index contributed by atoms with van der Waals surface area (Å²) in [6, 6.07) is 12.8. The van der Waals surface area contributed by atoms with Gasteiger partial charge in [0.2, 0.25) is 0 Å². The smallest absolute Gasteiger partial charge is 0.339 e. The zero-order valence-electron chi connectivity index (χ0n) is 16.0. The summed E-state index contributed by atoms with van der Waals surface area (Å²) in [6.45, 7) is 4.02. The summed E-state index contributed by atoms with van der Waals surface area (Å²) in [7, 11) is 0. The maximum Gasteiger partial charge on any atom is 0.339 e. The topological polar surface area (TPSA) is 104 Å². The van der Waals surface area contributed by atoms with Gasteiger partial charge in [-0.15, -0.1) is 0 Å². The number of aromatic amines is 1. The number of rotatable bonds is 5. The van der Waals surface area contributed by atoms with E-state index in [-0.39, 0.29) is 5.56 Å². The number of aromatic nitrogens is 4. The molecule has 0 atom stereocenters. The first-order chi connectivity index (χ1) is 14.0. The van der Waals surface area contributed by atoms with Gasteiger partial charge in [0.1, 0.15) is 11.4 Å². The second kappa shape index (κ2) is 7.55. The normalized spacial score (nSPS) is 11.2. The fraction of sp³-hybridized carbons (Fsp3) is 0.0909. The average molecular weight is 385 g/mol. The van der Waals surface area contributed by atoms with Crippen LogP contribution in [-0.2, 0) is 0 Å². The van der Waals surface area contributed by atoms with Gasteiger partial charge in [0.25, 0.3) is 0 Å². The number of carbonyl (C=O) groups is 1. The Morgan fingerprint density at radius 1 is 1.14 bits per heavy atom. The minimum absolute atomic E-state index is 0.113. The predicted molar refractivity (Wildman–Crippen MR) is 113 cm³/mol. The monoisotopic (exact) mass is 385 g/mol. The molecule has 0 spiro atoms. The Hall–Kier alpha value is -4.00. The minimum Gasteiger partial charge on any atom is -0.478 e. The van der Waals surface area contributed by atoms with Crippen LogP contribution in [0.15, 0.2) is 48.7 Å². The molecule has 0 aliphatic carbocycles. The Kier molecular flexibility index (Phi) is 4.78. The van der Waals surface area contributed by atoms with Crippen molar-refractivity contribution < 1.29 is 9.90 Å². The number of carboxylic acid groups (broad SMARTS) is 1. The maximum absolute atomic E-state index is 11.3. The molecule has 0 fully saturated rings. The van der Waals surface area contributed by atoms with Gasteiger partial charge in [-0.25, -0.2) is 9.78 Å². The van der Waals surface area contributed by atoms with Crippen LogP contribution in [0.4, 0.5) is 11.5 Å². The number of hydrogen-bond donors (Lipinski definition) is 3. The molecule has 29 heavy (non-hydrogen) atoms. The summed E-state index contributed by atoms with van der Waals surface area (Å²) in [4.78, 5) is 20.0. The molecular formula is C22H19N5O2. The van der Waals surface area contributed by atoms with Crippen molar-refractivity contribution in [3.05, 3.63) is 76.9 Å². The van der Waals surface area contributed by atoms with Crippen molar-refractivity contribution in [1.29, 1.82) is 0 Å². The number of aryl methyl sites for hydroxylation is 2. The summed E-state index contributed by atoms with van der Waals surface area (Å²) in [6.07, 6.45) is 5.41. The van der Waals surface area contributed by atoms with E-state index in [1.165, 1.54) is 6.07 Å². The van der Waals surface area contributed by atoms with Crippen LogP contribution >= 0.6 is 0 Å². The summed E-state index contributed by atoms with van der Waals surface area (Å²) in [5.41, 5.74) is 5.48. The summed E-state index contributed by atoms with van der Waals surface area (Å²) in [5, 5.41) is 20.7. The predicted octanol–water partition coefficient (Wildman–Crippen LogP) is 4.58. The highest BCUT2D eigenvalue weighted by Crippen LogP contribution is 2.25. The Labute approximate surface area is 167 Å². The van der Waals surface area contributed by atoms with Crippen molar-refractivity contribution in [3.63, 3.8) is 0 Å². The standard InChI is InChI=1S/C22H19N5O2/c1-13-10-14(2)24-15(11-13)6-8-19-17-7-5-16(12-20(17)27-26-19)25-21-18(22(28)29)4-3-9-23-21/h3-12H,1-2H3,(H,23,25)(H,26,27)(H,28,29). The molecule has 3 aromatic heterocycles. The van der Waals surface area contributed by atoms with E-state index in [1.54, 1.807) is 12.3 Å². The molecule has 4 rings (SSSR count). The molecule has 0 bridgehead atoms. The van der Waals surface area contributed by atoms with Gasteiger partial charge in [-0.3, -0.25) is 10.1 Å². The summed E-state index contributed by atoms with van der Waals surface area (Å²) < 4.78 is 0. The molecule has 0 aliphatic rings. The van der Waals surface area contributed by atoms with Gasteiger partial charge in [0.05, 0.1) is 16.9 Å². The summed E-state index contributed by atoms with van der Waals surface area (Å²) in [5.74, 6) is -0.740. The molecule has 3 heterocycles. The van der Waals surface area contributed by atoms with Gasteiger partial charge in [0.15, 0.2) is 0 Å². The quantitative estimate of drug-likeness (QED) is 0.464. The SMILES string of the molecule is Cc1cc(C)nc(C=Cc2n[nH]c3cc(Nc4ncccc4C(=O)O)ccc23)c1. The molecule has 7 nitrogen and oxygen atoms in total. The molecular weight excluding hydrogens is 366 g/mol. The molecule has 0 saturated carbocycles.